The van der Waals surface area contributed by atoms with Crippen LogP contribution < -0.4 is 4.90 Å². The van der Waals surface area contributed by atoms with Crippen LogP contribution in [0.5, 0.6) is 0 Å². The van der Waals surface area contributed by atoms with Gasteiger partial charge in [0.25, 0.3) is 0 Å². The summed E-state index contributed by atoms with van der Waals surface area (Å²) in [5.74, 6) is 0.468. The first kappa shape index (κ1) is 20.5. The third-order valence-corrected chi connectivity index (χ3v) is 6.95. The third kappa shape index (κ3) is 4.23. The van der Waals surface area contributed by atoms with Crippen LogP contribution in [0.2, 0.25) is 5.02 Å². The molecule has 0 aliphatic carbocycles. The molecule has 0 bridgehead atoms. The molecule has 2 aromatic heterocycles. The largest absolute Gasteiger partial charge is 0.417 e. The fourth-order valence-corrected chi connectivity index (χ4v) is 5.36. The molecule has 0 spiro atoms. The van der Waals surface area contributed by atoms with E-state index < -0.39 is 11.7 Å². The smallest absolute Gasteiger partial charge is 0.355 e. The molecule has 9 heteroatoms. The highest BCUT2D eigenvalue weighted by Gasteiger charge is 2.37. The number of likely N-dealkylation sites (tertiary alicyclic amines) is 1. The van der Waals surface area contributed by atoms with E-state index in [2.05, 4.69) is 11.1 Å². The Morgan fingerprint density at radius 2 is 1.97 bits per heavy atom. The number of hydrogen-bond donors (Lipinski definition) is 0. The monoisotopic (exact) mass is 443 g/mol. The molecule has 0 aromatic carbocycles. The number of anilines is 1. The van der Waals surface area contributed by atoms with Crippen molar-refractivity contribution in [3.63, 3.8) is 0 Å². The van der Waals surface area contributed by atoms with Gasteiger partial charge in [0.2, 0.25) is 5.91 Å². The molecule has 1 atom stereocenters. The molecule has 156 valence electrons. The summed E-state index contributed by atoms with van der Waals surface area (Å²) in [6, 6.07) is 5.19. The summed E-state index contributed by atoms with van der Waals surface area (Å²) in [6.45, 7) is 1.88. The van der Waals surface area contributed by atoms with Crippen LogP contribution in [0.1, 0.15) is 42.2 Å². The van der Waals surface area contributed by atoms with Crippen LogP contribution >= 0.6 is 22.9 Å². The number of rotatable bonds is 3. The maximum absolute atomic E-state index is 13.1. The first-order chi connectivity index (χ1) is 13.8. The minimum Gasteiger partial charge on any atom is -0.355 e. The highest BCUT2D eigenvalue weighted by molar-refractivity contribution is 7.10. The van der Waals surface area contributed by atoms with Crippen LogP contribution in [0.15, 0.2) is 29.8 Å². The van der Waals surface area contributed by atoms with E-state index in [4.69, 9.17) is 11.6 Å². The van der Waals surface area contributed by atoms with E-state index in [0.29, 0.717) is 31.7 Å². The molecule has 2 aliphatic rings. The van der Waals surface area contributed by atoms with Crippen molar-refractivity contribution in [2.75, 3.05) is 24.5 Å². The highest BCUT2D eigenvalue weighted by atomic mass is 35.5. The van der Waals surface area contributed by atoms with E-state index in [1.807, 2.05) is 21.2 Å². The second kappa shape index (κ2) is 8.14. The topological polar surface area (TPSA) is 36.4 Å². The molecular weight excluding hydrogens is 423 g/mol. The van der Waals surface area contributed by atoms with Gasteiger partial charge in [-0.25, -0.2) is 4.98 Å². The number of pyridine rings is 1. The summed E-state index contributed by atoms with van der Waals surface area (Å²) in [4.78, 5) is 22.2. The van der Waals surface area contributed by atoms with Crippen molar-refractivity contribution in [2.45, 2.75) is 37.9 Å². The van der Waals surface area contributed by atoms with Gasteiger partial charge in [0.15, 0.2) is 0 Å². The van der Waals surface area contributed by atoms with Gasteiger partial charge in [-0.15, -0.1) is 11.3 Å². The number of halogens is 4. The van der Waals surface area contributed by atoms with Crippen molar-refractivity contribution in [3.05, 3.63) is 45.2 Å². The van der Waals surface area contributed by atoms with E-state index in [0.717, 1.165) is 31.6 Å². The van der Waals surface area contributed by atoms with Crippen molar-refractivity contribution >= 4 is 34.7 Å². The second-order valence-electron chi connectivity index (χ2n) is 7.49. The summed E-state index contributed by atoms with van der Waals surface area (Å²) < 4.78 is 38.4. The summed E-state index contributed by atoms with van der Waals surface area (Å²) in [5, 5.41) is 2.03. The van der Waals surface area contributed by atoms with Crippen molar-refractivity contribution in [2.24, 2.45) is 5.92 Å². The predicted octanol–water partition coefficient (Wildman–Crippen LogP) is 5.40. The fourth-order valence-electron chi connectivity index (χ4n) is 4.20. The van der Waals surface area contributed by atoms with Gasteiger partial charge in [0, 0.05) is 36.6 Å². The molecule has 2 saturated heterocycles. The number of aromatic nitrogens is 1. The number of piperidine rings is 1. The number of amides is 1. The Kier molecular flexibility index (Phi) is 5.75. The number of alkyl halides is 3. The van der Waals surface area contributed by atoms with Crippen LogP contribution in [-0.2, 0) is 11.0 Å². The average molecular weight is 444 g/mol. The van der Waals surface area contributed by atoms with Crippen LogP contribution in [0.3, 0.4) is 0 Å². The molecule has 2 aromatic rings. The normalized spacial score (nSPS) is 21.0. The minimum absolute atomic E-state index is 0.0121. The standard InChI is InChI=1S/C20H21ClF3N3OS/c21-15-11-14(20(22,23)24)12-25-18(15)26-8-5-13(6-9-26)19(28)27-7-1-3-16(27)17-4-2-10-29-17/h2,4,10-13,16H,1,3,5-9H2/t16-/m1/s1. The van der Waals surface area contributed by atoms with Gasteiger partial charge < -0.3 is 9.80 Å². The lowest BCUT2D eigenvalue weighted by atomic mass is 9.94. The Balaban J connectivity index is 1.40. The van der Waals surface area contributed by atoms with Gasteiger partial charge >= 0.3 is 6.18 Å². The summed E-state index contributed by atoms with van der Waals surface area (Å²) in [5.41, 5.74) is -0.857. The molecule has 0 N–H and O–H groups in total. The zero-order valence-corrected chi connectivity index (χ0v) is 17.2. The van der Waals surface area contributed by atoms with Gasteiger partial charge in [-0.1, -0.05) is 17.7 Å². The molecule has 0 saturated carbocycles. The molecule has 29 heavy (non-hydrogen) atoms. The molecule has 0 radical (unpaired) electrons. The Bertz CT molecular complexity index is 866. The van der Waals surface area contributed by atoms with Crippen LogP contribution in [0.4, 0.5) is 19.0 Å². The second-order valence-corrected chi connectivity index (χ2v) is 8.88. The van der Waals surface area contributed by atoms with E-state index in [-0.39, 0.29) is 22.9 Å². The Morgan fingerprint density at radius 3 is 2.59 bits per heavy atom. The first-order valence-electron chi connectivity index (χ1n) is 9.66. The number of hydrogen-bond acceptors (Lipinski definition) is 4. The molecule has 1 amide bonds. The first-order valence-corrected chi connectivity index (χ1v) is 10.9. The molecular formula is C20H21ClF3N3OS. The van der Waals surface area contributed by atoms with Crippen LogP contribution in [-0.4, -0.2) is 35.4 Å². The third-order valence-electron chi connectivity index (χ3n) is 5.70. The van der Waals surface area contributed by atoms with Crippen molar-refractivity contribution in [1.29, 1.82) is 0 Å². The minimum atomic E-state index is -4.47. The predicted molar refractivity (Wildman–Crippen MR) is 107 cm³/mol. The van der Waals surface area contributed by atoms with Crippen molar-refractivity contribution in [1.82, 2.24) is 9.88 Å². The lowest BCUT2D eigenvalue weighted by molar-refractivity contribution is -0.138. The van der Waals surface area contributed by atoms with E-state index in [9.17, 15) is 18.0 Å². The number of carbonyl (C=O) groups excluding carboxylic acids is 1. The zero-order chi connectivity index (χ0) is 20.6. The van der Waals surface area contributed by atoms with E-state index >= 15 is 0 Å². The Labute approximate surface area is 176 Å². The lowest BCUT2D eigenvalue weighted by Gasteiger charge is -2.35. The molecule has 2 aliphatic heterocycles. The van der Waals surface area contributed by atoms with E-state index in [1.54, 1.807) is 11.3 Å². The van der Waals surface area contributed by atoms with Gasteiger partial charge in [-0.05, 0) is 43.2 Å². The molecule has 4 rings (SSSR count). The Morgan fingerprint density at radius 1 is 1.21 bits per heavy atom. The van der Waals surface area contributed by atoms with Gasteiger partial charge in [-0.3, -0.25) is 4.79 Å². The Hall–Kier alpha value is -1.80. The fraction of sp³-hybridized carbons (Fsp3) is 0.500. The quantitative estimate of drug-likeness (QED) is 0.637. The molecule has 0 unspecified atom stereocenters. The molecule has 2 fully saturated rings. The number of carbonyl (C=O) groups is 1. The highest BCUT2D eigenvalue weighted by Crippen LogP contribution is 2.38. The summed E-state index contributed by atoms with van der Waals surface area (Å²) in [6.07, 6.45) is -0.358. The van der Waals surface area contributed by atoms with E-state index in [1.165, 1.54) is 4.88 Å². The van der Waals surface area contributed by atoms with Crippen molar-refractivity contribution in [3.8, 4) is 0 Å². The average Bonchev–Trinajstić information content (AvgIpc) is 3.38. The summed E-state index contributed by atoms with van der Waals surface area (Å²) in [7, 11) is 0. The maximum Gasteiger partial charge on any atom is 0.417 e. The SMILES string of the molecule is O=C(C1CCN(c2ncc(C(F)(F)F)cc2Cl)CC1)N1CCC[C@@H]1c1cccs1. The zero-order valence-electron chi connectivity index (χ0n) is 15.7. The molecule has 4 nitrogen and oxygen atoms in total. The van der Waals surface area contributed by atoms with Gasteiger partial charge in [0.05, 0.1) is 16.6 Å². The maximum atomic E-state index is 13.1. The number of thiophene rings is 1. The van der Waals surface area contributed by atoms with Gasteiger partial charge in [-0.2, -0.15) is 13.2 Å². The number of nitrogens with zero attached hydrogens (tertiary/aromatic N) is 3. The summed E-state index contributed by atoms with van der Waals surface area (Å²) >= 11 is 7.75. The lowest BCUT2D eigenvalue weighted by Crippen LogP contribution is -2.42. The van der Waals surface area contributed by atoms with Crippen LogP contribution in [0.25, 0.3) is 0 Å². The van der Waals surface area contributed by atoms with Crippen molar-refractivity contribution < 1.29 is 18.0 Å². The van der Waals surface area contributed by atoms with Crippen LogP contribution in [0, 0.1) is 5.92 Å². The van der Waals surface area contributed by atoms with Gasteiger partial charge in [0.1, 0.15) is 5.82 Å². The molecule has 4 heterocycles.